The van der Waals surface area contributed by atoms with Crippen molar-refractivity contribution in [1.82, 2.24) is 15.2 Å². The molecule has 1 aromatic carbocycles. The minimum Gasteiger partial charge on any atom is -0.496 e. The molecule has 0 unspecified atom stereocenters. The zero-order chi connectivity index (χ0) is 16.5. The molecule has 0 fully saturated rings. The lowest BCUT2D eigenvalue weighted by molar-refractivity contribution is 0.200. The number of nitrogens with zero attached hydrogens (tertiary/aromatic N) is 2. The molecule has 122 valence electrons. The van der Waals surface area contributed by atoms with E-state index in [9.17, 15) is 4.79 Å². The number of benzene rings is 1. The molecule has 0 aliphatic carbocycles. The highest BCUT2D eigenvalue weighted by atomic mass is 16.5. The van der Waals surface area contributed by atoms with Crippen LogP contribution in [0.25, 0.3) is 0 Å². The molecule has 0 saturated carbocycles. The zero-order valence-corrected chi connectivity index (χ0v) is 13.7. The molecular formula is C18H23N3O2. The summed E-state index contributed by atoms with van der Waals surface area (Å²) >= 11 is 0. The average molecular weight is 313 g/mol. The van der Waals surface area contributed by atoms with Crippen LogP contribution in [0.1, 0.15) is 18.1 Å². The molecule has 0 bridgehead atoms. The first-order chi connectivity index (χ1) is 11.2. The molecule has 5 heteroatoms. The standard InChI is InChI=1S/C18H23N3O2/c1-3-21(13-10-15-8-11-19-12-9-15)18(22)20-14-16-6-4-5-7-17(16)23-2/h4-9,11-12H,3,10,13-14H2,1-2H3,(H,20,22). The first kappa shape index (κ1) is 16.8. The van der Waals surface area contributed by atoms with Crippen LogP contribution in [0.2, 0.25) is 0 Å². The second-order valence-corrected chi connectivity index (χ2v) is 5.16. The fourth-order valence-corrected chi connectivity index (χ4v) is 2.35. The maximum atomic E-state index is 12.3. The van der Waals surface area contributed by atoms with Gasteiger partial charge in [-0.05, 0) is 37.1 Å². The molecule has 0 saturated heterocycles. The van der Waals surface area contributed by atoms with E-state index in [1.165, 1.54) is 5.56 Å². The summed E-state index contributed by atoms with van der Waals surface area (Å²) in [4.78, 5) is 18.1. The summed E-state index contributed by atoms with van der Waals surface area (Å²) in [5.41, 5.74) is 2.14. The minimum absolute atomic E-state index is 0.0625. The molecule has 1 heterocycles. The van der Waals surface area contributed by atoms with Crippen molar-refractivity contribution >= 4 is 6.03 Å². The van der Waals surface area contributed by atoms with Crippen molar-refractivity contribution in [3.63, 3.8) is 0 Å². The van der Waals surface area contributed by atoms with Crippen LogP contribution >= 0.6 is 0 Å². The van der Waals surface area contributed by atoms with Crippen molar-refractivity contribution in [2.24, 2.45) is 0 Å². The smallest absolute Gasteiger partial charge is 0.317 e. The number of ether oxygens (including phenoxy) is 1. The van der Waals surface area contributed by atoms with E-state index in [4.69, 9.17) is 4.74 Å². The summed E-state index contributed by atoms with van der Waals surface area (Å²) in [6.45, 7) is 3.78. The average Bonchev–Trinajstić information content (AvgIpc) is 2.61. The van der Waals surface area contributed by atoms with Crippen molar-refractivity contribution < 1.29 is 9.53 Å². The van der Waals surface area contributed by atoms with Gasteiger partial charge in [-0.1, -0.05) is 18.2 Å². The monoisotopic (exact) mass is 313 g/mol. The number of hydrogen-bond donors (Lipinski definition) is 1. The molecule has 1 aromatic heterocycles. The fraction of sp³-hybridized carbons (Fsp3) is 0.333. The number of methoxy groups -OCH3 is 1. The second kappa shape index (κ2) is 8.78. The molecule has 0 spiro atoms. The third kappa shape index (κ3) is 4.98. The third-order valence-corrected chi connectivity index (χ3v) is 3.71. The summed E-state index contributed by atoms with van der Waals surface area (Å²) < 4.78 is 5.30. The van der Waals surface area contributed by atoms with Gasteiger partial charge in [0.2, 0.25) is 0 Å². The molecule has 1 N–H and O–H groups in total. The van der Waals surface area contributed by atoms with Gasteiger partial charge in [-0.25, -0.2) is 4.79 Å². The van der Waals surface area contributed by atoms with Gasteiger partial charge in [-0.15, -0.1) is 0 Å². The van der Waals surface area contributed by atoms with E-state index in [0.717, 1.165) is 17.7 Å². The molecule has 23 heavy (non-hydrogen) atoms. The first-order valence-electron chi connectivity index (χ1n) is 7.78. The number of pyridine rings is 1. The summed E-state index contributed by atoms with van der Waals surface area (Å²) in [7, 11) is 1.63. The van der Waals surface area contributed by atoms with Crippen molar-refractivity contribution in [2.45, 2.75) is 19.9 Å². The second-order valence-electron chi connectivity index (χ2n) is 5.16. The summed E-state index contributed by atoms with van der Waals surface area (Å²) in [5.74, 6) is 0.785. The topological polar surface area (TPSA) is 54.5 Å². The predicted molar refractivity (Wildman–Crippen MR) is 90.4 cm³/mol. The maximum absolute atomic E-state index is 12.3. The summed E-state index contributed by atoms with van der Waals surface area (Å²) in [5, 5.41) is 2.96. The van der Waals surface area contributed by atoms with Crippen LogP contribution in [-0.4, -0.2) is 36.1 Å². The lowest BCUT2D eigenvalue weighted by Crippen LogP contribution is -2.40. The largest absolute Gasteiger partial charge is 0.496 e. The molecule has 0 aliphatic rings. The van der Waals surface area contributed by atoms with Crippen LogP contribution in [-0.2, 0) is 13.0 Å². The van der Waals surface area contributed by atoms with E-state index in [1.807, 2.05) is 43.3 Å². The van der Waals surface area contributed by atoms with Crippen molar-refractivity contribution in [2.75, 3.05) is 20.2 Å². The molecule has 0 radical (unpaired) electrons. The van der Waals surface area contributed by atoms with Gasteiger partial charge in [0, 0.05) is 37.6 Å². The molecular weight excluding hydrogens is 290 g/mol. The SMILES string of the molecule is CCN(CCc1ccncc1)C(=O)NCc1ccccc1OC. The normalized spacial score (nSPS) is 10.2. The number of amides is 2. The first-order valence-corrected chi connectivity index (χ1v) is 7.78. The van der Waals surface area contributed by atoms with Gasteiger partial charge >= 0.3 is 6.03 Å². The van der Waals surface area contributed by atoms with Crippen LogP contribution < -0.4 is 10.1 Å². The van der Waals surface area contributed by atoms with E-state index in [0.29, 0.717) is 19.6 Å². The molecule has 0 atom stereocenters. The number of carbonyl (C=O) groups is 1. The Morgan fingerprint density at radius 2 is 1.96 bits per heavy atom. The summed E-state index contributed by atoms with van der Waals surface area (Å²) in [6, 6.07) is 11.6. The Bertz CT molecular complexity index is 617. The number of carbonyl (C=O) groups excluding carboxylic acids is 1. The van der Waals surface area contributed by atoms with E-state index in [1.54, 1.807) is 24.4 Å². The third-order valence-electron chi connectivity index (χ3n) is 3.71. The molecule has 2 amide bonds. The lowest BCUT2D eigenvalue weighted by atomic mass is 10.2. The van der Waals surface area contributed by atoms with Gasteiger partial charge in [-0.2, -0.15) is 0 Å². The van der Waals surface area contributed by atoms with E-state index >= 15 is 0 Å². The Labute approximate surface area is 137 Å². The van der Waals surface area contributed by atoms with Crippen LogP contribution in [0.4, 0.5) is 4.79 Å². The Balaban J connectivity index is 1.87. The number of urea groups is 1. The number of para-hydroxylation sites is 1. The predicted octanol–water partition coefficient (Wildman–Crippen LogP) is 2.86. The quantitative estimate of drug-likeness (QED) is 0.855. The lowest BCUT2D eigenvalue weighted by Gasteiger charge is -2.21. The molecule has 2 rings (SSSR count). The Kier molecular flexibility index (Phi) is 6.41. The minimum atomic E-state index is -0.0625. The van der Waals surface area contributed by atoms with Gasteiger partial charge in [-0.3, -0.25) is 4.98 Å². The highest BCUT2D eigenvalue weighted by Gasteiger charge is 2.12. The van der Waals surface area contributed by atoms with Crippen LogP contribution in [0, 0.1) is 0 Å². The van der Waals surface area contributed by atoms with E-state index < -0.39 is 0 Å². The number of hydrogen-bond acceptors (Lipinski definition) is 3. The maximum Gasteiger partial charge on any atom is 0.317 e. The van der Waals surface area contributed by atoms with Crippen LogP contribution in [0.5, 0.6) is 5.75 Å². The zero-order valence-electron chi connectivity index (χ0n) is 13.7. The van der Waals surface area contributed by atoms with Crippen LogP contribution in [0.3, 0.4) is 0 Å². The van der Waals surface area contributed by atoms with Gasteiger partial charge in [0.15, 0.2) is 0 Å². The van der Waals surface area contributed by atoms with E-state index in [2.05, 4.69) is 10.3 Å². The van der Waals surface area contributed by atoms with Gasteiger partial charge in [0.25, 0.3) is 0 Å². The van der Waals surface area contributed by atoms with Crippen molar-refractivity contribution in [1.29, 1.82) is 0 Å². The number of aromatic nitrogens is 1. The number of rotatable bonds is 7. The van der Waals surface area contributed by atoms with Crippen molar-refractivity contribution in [3.8, 4) is 5.75 Å². The van der Waals surface area contributed by atoms with Gasteiger partial charge in [0.05, 0.1) is 7.11 Å². The summed E-state index contributed by atoms with van der Waals surface area (Å²) in [6.07, 6.45) is 4.36. The number of likely N-dealkylation sites (N-methyl/N-ethyl adjacent to an activating group) is 1. The number of nitrogens with one attached hydrogen (secondary N) is 1. The van der Waals surface area contributed by atoms with E-state index in [-0.39, 0.29) is 6.03 Å². The molecule has 2 aromatic rings. The highest BCUT2D eigenvalue weighted by Crippen LogP contribution is 2.16. The molecule has 0 aliphatic heterocycles. The van der Waals surface area contributed by atoms with Gasteiger partial charge < -0.3 is 15.0 Å². The highest BCUT2D eigenvalue weighted by molar-refractivity contribution is 5.74. The Morgan fingerprint density at radius 3 is 2.65 bits per heavy atom. The van der Waals surface area contributed by atoms with Crippen LogP contribution in [0.15, 0.2) is 48.8 Å². The molecule has 5 nitrogen and oxygen atoms in total. The van der Waals surface area contributed by atoms with Gasteiger partial charge in [0.1, 0.15) is 5.75 Å². The fourth-order valence-electron chi connectivity index (χ4n) is 2.35. The van der Waals surface area contributed by atoms with Crippen molar-refractivity contribution in [3.05, 3.63) is 59.9 Å². The Hall–Kier alpha value is -2.56. The Morgan fingerprint density at radius 1 is 1.22 bits per heavy atom.